The van der Waals surface area contributed by atoms with Crippen LogP contribution in [0.15, 0.2) is 18.2 Å². The monoisotopic (exact) mass is 257 g/mol. The molecule has 0 atom stereocenters. The van der Waals surface area contributed by atoms with Gasteiger partial charge in [0, 0.05) is 30.6 Å². The van der Waals surface area contributed by atoms with Gasteiger partial charge in [0.05, 0.1) is 6.07 Å². The lowest BCUT2D eigenvalue weighted by molar-refractivity contribution is -0.116. The minimum absolute atomic E-state index is 0.0150. The summed E-state index contributed by atoms with van der Waals surface area (Å²) in [4.78, 5) is 23.1. The van der Waals surface area contributed by atoms with Crippen LogP contribution in [0.2, 0.25) is 0 Å². The maximum atomic E-state index is 11.9. The molecule has 1 aliphatic heterocycles. The Kier molecular flexibility index (Phi) is 4.14. The zero-order chi connectivity index (χ0) is 13.7. The number of rotatable bonds is 4. The van der Waals surface area contributed by atoms with E-state index in [-0.39, 0.29) is 11.8 Å². The molecule has 98 valence electrons. The van der Waals surface area contributed by atoms with Crippen molar-refractivity contribution in [2.24, 2.45) is 0 Å². The van der Waals surface area contributed by atoms with Crippen molar-refractivity contribution in [2.45, 2.75) is 25.7 Å². The van der Waals surface area contributed by atoms with Crippen molar-refractivity contribution < 1.29 is 9.59 Å². The highest BCUT2D eigenvalue weighted by Crippen LogP contribution is 2.23. The molecule has 1 aromatic rings. The van der Waals surface area contributed by atoms with Crippen LogP contribution in [0.3, 0.4) is 0 Å². The van der Waals surface area contributed by atoms with E-state index in [4.69, 9.17) is 5.26 Å². The maximum Gasteiger partial charge on any atom is 0.251 e. The predicted octanol–water partition coefficient (Wildman–Crippen LogP) is 1.60. The number of nitrogens with one attached hydrogen (secondary N) is 2. The molecule has 1 heterocycles. The standard InChI is InChI=1S/C14H15N3O2/c15-7-1-2-8-16-14(19)11-3-5-12-10(9-11)4-6-13(18)17-12/h3,5,9H,1-2,4,6,8H2,(H,16,19)(H,17,18). The molecular formula is C14H15N3O2. The van der Waals surface area contributed by atoms with Crippen LogP contribution in [0.1, 0.15) is 35.2 Å². The van der Waals surface area contributed by atoms with Gasteiger partial charge in [-0.15, -0.1) is 0 Å². The first-order valence-corrected chi connectivity index (χ1v) is 6.28. The number of hydrogen-bond donors (Lipinski definition) is 2. The van der Waals surface area contributed by atoms with Gasteiger partial charge in [-0.2, -0.15) is 5.26 Å². The zero-order valence-corrected chi connectivity index (χ0v) is 10.5. The molecule has 5 heteroatoms. The van der Waals surface area contributed by atoms with E-state index in [1.807, 2.05) is 12.1 Å². The van der Waals surface area contributed by atoms with E-state index in [9.17, 15) is 9.59 Å². The molecule has 0 bridgehead atoms. The summed E-state index contributed by atoms with van der Waals surface area (Å²) in [6.45, 7) is 0.500. The van der Waals surface area contributed by atoms with Crippen molar-refractivity contribution in [2.75, 3.05) is 11.9 Å². The number of hydrogen-bond acceptors (Lipinski definition) is 3. The van der Waals surface area contributed by atoms with Crippen LogP contribution in [-0.4, -0.2) is 18.4 Å². The summed E-state index contributed by atoms with van der Waals surface area (Å²) >= 11 is 0. The van der Waals surface area contributed by atoms with Crippen LogP contribution in [0.5, 0.6) is 0 Å². The Morgan fingerprint density at radius 1 is 1.42 bits per heavy atom. The molecule has 2 amide bonds. The SMILES string of the molecule is N#CCCCNC(=O)c1ccc2c(c1)CCC(=O)N2. The summed E-state index contributed by atoms with van der Waals surface area (Å²) in [6, 6.07) is 7.31. The summed E-state index contributed by atoms with van der Waals surface area (Å²) < 4.78 is 0. The number of unbranched alkanes of at least 4 members (excludes halogenated alkanes) is 1. The Bertz CT molecular complexity index is 546. The summed E-state index contributed by atoms with van der Waals surface area (Å²) in [5.74, 6) is -0.126. The highest BCUT2D eigenvalue weighted by Gasteiger charge is 2.16. The van der Waals surface area contributed by atoms with Crippen LogP contribution < -0.4 is 10.6 Å². The van der Waals surface area contributed by atoms with Gasteiger partial charge in [0.15, 0.2) is 0 Å². The number of nitriles is 1. The fraction of sp³-hybridized carbons (Fsp3) is 0.357. The largest absolute Gasteiger partial charge is 0.352 e. The molecule has 1 aromatic carbocycles. The summed E-state index contributed by atoms with van der Waals surface area (Å²) in [6.07, 6.45) is 2.22. The lowest BCUT2D eigenvalue weighted by Gasteiger charge is -2.17. The quantitative estimate of drug-likeness (QED) is 0.804. The van der Waals surface area contributed by atoms with Crippen LogP contribution in [0, 0.1) is 11.3 Å². The molecule has 0 fully saturated rings. The summed E-state index contributed by atoms with van der Waals surface area (Å²) in [5.41, 5.74) is 2.37. The highest BCUT2D eigenvalue weighted by atomic mass is 16.2. The summed E-state index contributed by atoms with van der Waals surface area (Å²) in [5, 5.41) is 14.0. The lowest BCUT2D eigenvalue weighted by atomic mass is 10.00. The Labute approximate surface area is 111 Å². The molecule has 2 N–H and O–H groups in total. The van der Waals surface area contributed by atoms with Gasteiger partial charge in [-0.1, -0.05) is 0 Å². The molecule has 0 aliphatic carbocycles. The molecule has 0 spiro atoms. The minimum Gasteiger partial charge on any atom is -0.352 e. The van der Waals surface area contributed by atoms with E-state index < -0.39 is 0 Å². The third-order valence-corrected chi connectivity index (χ3v) is 3.01. The number of carbonyl (C=O) groups is 2. The second-order valence-electron chi connectivity index (χ2n) is 4.44. The number of nitrogens with zero attached hydrogens (tertiary/aromatic N) is 1. The van der Waals surface area contributed by atoms with E-state index in [0.29, 0.717) is 37.8 Å². The van der Waals surface area contributed by atoms with Crippen LogP contribution >= 0.6 is 0 Å². The Morgan fingerprint density at radius 2 is 2.26 bits per heavy atom. The maximum absolute atomic E-state index is 11.9. The average Bonchev–Trinajstić information content (AvgIpc) is 2.42. The van der Waals surface area contributed by atoms with Gasteiger partial charge >= 0.3 is 0 Å². The fourth-order valence-corrected chi connectivity index (χ4v) is 2.00. The Morgan fingerprint density at radius 3 is 3.05 bits per heavy atom. The number of carbonyl (C=O) groups excluding carboxylic acids is 2. The molecule has 5 nitrogen and oxygen atoms in total. The highest BCUT2D eigenvalue weighted by molar-refractivity contribution is 5.97. The van der Waals surface area contributed by atoms with E-state index >= 15 is 0 Å². The first kappa shape index (κ1) is 13.1. The van der Waals surface area contributed by atoms with Gasteiger partial charge < -0.3 is 10.6 Å². The predicted molar refractivity (Wildman–Crippen MR) is 70.6 cm³/mol. The van der Waals surface area contributed by atoms with Crippen LogP contribution in [0.25, 0.3) is 0 Å². The van der Waals surface area contributed by atoms with Crippen molar-refractivity contribution in [1.29, 1.82) is 5.26 Å². The molecule has 19 heavy (non-hydrogen) atoms. The van der Waals surface area contributed by atoms with Crippen molar-refractivity contribution in [3.05, 3.63) is 29.3 Å². The van der Waals surface area contributed by atoms with Gasteiger partial charge in [0.1, 0.15) is 0 Å². The van der Waals surface area contributed by atoms with Gasteiger partial charge in [0.2, 0.25) is 5.91 Å². The number of aryl methyl sites for hydroxylation is 1. The molecule has 0 radical (unpaired) electrons. The number of fused-ring (bicyclic) bond motifs is 1. The molecule has 0 aromatic heterocycles. The molecule has 2 rings (SSSR count). The first-order valence-electron chi connectivity index (χ1n) is 6.28. The Hall–Kier alpha value is -2.35. The van der Waals surface area contributed by atoms with E-state index in [1.165, 1.54) is 0 Å². The van der Waals surface area contributed by atoms with Gasteiger partial charge in [0.25, 0.3) is 5.91 Å². The van der Waals surface area contributed by atoms with E-state index in [0.717, 1.165) is 11.3 Å². The van der Waals surface area contributed by atoms with Gasteiger partial charge in [-0.05, 0) is 36.6 Å². The molecule has 0 saturated carbocycles. The molecule has 1 aliphatic rings. The fourth-order valence-electron chi connectivity index (χ4n) is 2.00. The van der Waals surface area contributed by atoms with Crippen molar-refractivity contribution in [3.8, 4) is 6.07 Å². The second kappa shape index (κ2) is 6.01. The molecule has 0 saturated heterocycles. The van der Waals surface area contributed by atoms with E-state index in [1.54, 1.807) is 12.1 Å². The van der Waals surface area contributed by atoms with E-state index in [2.05, 4.69) is 10.6 Å². The molecule has 0 unspecified atom stereocenters. The van der Waals surface area contributed by atoms with Crippen molar-refractivity contribution in [3.63, 3.8) is 0 Å². The van der Waals surface area contributed by atoms with Crippen LogP contribution in [-0.2, 0) is 11.2 Å². The van der Waals surface area contributed by atoms with Crippen molar-refractivity contribution in [1.82, 2.24) is 5.32 Å². The topological polar surface area (TPSA) is 82.0 Å². The third-order valence-electron chi connectivity index (χ3n) is 3.01. The second-order valence-corrected chi connectivity index (χ2v) is 4.44. The van der Waals surface area contributed by atoms with Crippen molar-refractivity contribution >= 4 is 17.5 Å². The lowest BCUT2D eigenvalue weighted by Crippen LogP contribution is -2.25. The summed E-state index contributed by atoms with van der Waals surface area (Å²) in [7, 11) is 0. The zero-order valence-electron chi connectivity index (χ0n) is 10.5. The smallest absolute Gasteiger partial charge is 0.251 e. The number of amides is 2. The van der Waals surface area contributed by atoms with Crippen LogP contribution in [0.4, 0.5) is 5.69 Å². The van der Waals surface area contributed by atoms with Gasteiger partial charge in [-0.25, -0.2) is 0 Å². The average molecular weight is 257 g/mol. The number of anilines is 1. The normalized spacial score (nSPS) is 13.1. The van der Waals surface area contributed by atoms with Gasteiger partial charge in [-0.3, -0.25) is 9.59 Å². The minimum atomic E-state index is -0.141. The Balaban J connectivity index is 2.00. The third kappa shape index (κ3) is 3.32. The first-order chi connectivity index (χ1) is 9.20. The molecular weight excluding hydrogens is 242 g/mol. The number of benzene rings is 1.